The largest absolute Gasteiger partial charge is 0.394 e. The standard InChI is InChI=1S/C53H90O24/c1-48(2,77-68)13-9-14-53(8,76-46-42(67)38(63)36(61)28(73-46)22-69-44-40(65)35(60)27(21-56)70-44)23-10-16-52(7)32(23)24(57)18-30-50(5)15-12-31(49(3,4)29(50)11-17-51(30,52)6)74-47-43(39(64)34(59)26(20-55)72-47)75-45-41(66)37(62)33(58)25(19-54)71-45/h9,13,23-47,54-68H,10-12,14-22H2,1-8H3/b13-9+/t23-,24-,25-,26-,27+,28-,29+,30-,31+,32+,33-,34-,35+,36-,37+,38+,39+,40-,41-,42-,43-,44-,45+,46+,47+,50+,51-,52-,53+/m1/s1. The Hall–Kier alpha value is -1.22. The Morgan fingerprint density at radius 3 is 1.68 bits per heavy atom. The topological polar surface area (TPSA) is 387 Å². The summed E-state index contributed by atoms with van der Waals surface area (Å²) in [6.45, 7) is 13.8. The highest BCUT2D eigenvalue weighted by Crippen LogP contribution is 2.76. The summed E-state index contributed by atoms with van der Waals surface area (Å²) in [5, 5.41) is 161. The predicted molar refractivity (Wildman–Crippen MR) is 263 cm³/mol. The highest BCUT2D eigenvalue weighted by molar-refractivity contribution is 5.21. The van der Waals surface area contributed by atoms with Crippen molar-refractivity contribution in [2.45, 2.75) is 247 Å². The van der Waals surface area contributed by atoms with Gasteiger partial charge in [0.25, 0.3) is 0 Å². The minimum absolute atomic E-state index is 0.000450. The van der Waals surface area contributed by atoms with E-state index in [1.807, 2.05) is 6.92 Å². The monoisotopic (exact) mass is 1110 g/mol. The first-order valence-corrected chi connectivity index (χ1v) is 27.5. The number of fused-ring (bicyclic) bond motifs is 5. The molecule has 8 fully saturated rings. The Bertz CT molecular complexity index is 2000. The number of aliphatic hydroxyl groups is 14. The summed E-state index contributed by atoms with van der Waals surface area (Å²) in [6.07, 6.45) is -22.9. The maximum Gasteiger partial charge on any atom is 0.187 e. The number of hydrogen-bond acceptors (Lipinski definition) is 24. The second kappa shape index (κ2) is 23.1. The van der Waals surface area contributed by atoms with Crippen molar-refractivity contribution in [3.63, 3.8) is 0 Å². The van der Waals surface area contributed by atoms with Gasteiger partial charge in [-0.15, -0.1) is 0 Å². The van der Waals surface area contributed by atoms with E-state index >= 15 is 0 Å². The molecule has 24 nitrogen and oxygen atoms in total. The predicted octanol–water partition coefficient (Wildman–Crippen LogP) is -2.10. The van der Waals surface area contributed by atoms with Gasteiger partial charge in [-0.1, -0.05) is 46.8 Å². The Morgan fingerprint density at radius 2 is 1.06 bits per heavy atom. The maximum atomic E-state index is 12.8. The molecule has 0 radical (unpaired) electrons. The van der Waals surface area contributed by atoms with Gasteiger partial charge in [0.2, 0.25) is 0 Å². The lowest BCUT2D eigenvalue weighted by Crippen LogP contribution is -2.68. The van der Waals surface area contributed by atoms with Crippen molar-refractivity contribution < 1.29 is 120 Å². The molecule has 0 bridgehead atoms. The van der Waals surface area contributed by atoms with Crippen LogP contribution in [0.4, 0.5) is 0 Å². The van der Waals surface area contributed by atoms with Crippen LogP contribution in [-0.2, 0) is 42.8 Å². The molecule has 4 saturated heterocycles. The van der Waals surface area contributed by atoms with E-state index in [0.29, 0.717) is 32.1 Å². The third kappa shape index (κ3) is 10.9. The van der Waals surface area contributed by atoms with Gasteiger partial charge in [0, 0.05) is 0 Å². The smallest absolute Gasteiger partial charge is 0.187 e. The zero-order valence-corrected chi connectivity index (χ0v) is 45.5. The minimum Gasteiger partial charge on any atom is -0.394 e. The first-order valence-electron chi connectivity index (χ1n) is 27.5. The van der Waals surface area contributed by atoms with Crippen LogP contribution < -0.4 is 0 Å². The van der Waals surface area contributed by atoms with Gasteiger partial charge < -0.3 is 109 Å². The second-order valence-electron chi connectivity index (χ2n) is 25.7. The zero-order chi connectivity index (χ0) is 56.7. The van der Waals surface area contributed by atoms with E-state index in [-0.39, 0.29) is 40.9 Å². The number of aliphatic hydroxyl groups excluding tert-OH is 14. The molecule has 8 aliphatic rings. The Kier molecular flexibility index (Phi) is 18.5. The van der Waals surface area contributed by atoms with Crippen LogP contribution in [0.25, 0.3) is 0 Å². The normalized spacial score (nSPS) is 52.0. The third-order valence-corrected chi connectivity index (χ3v) is 20.6. The fraction of sp³-hybridized carbons (Fsp3) is 0.962. The molecule has 77 heavy (non-hydrogen) atoms. The van der Waals surface area contributed by atoms with E-state index in [2.05, 4.69) is 34.6 Å². The average molecular weight is 1110 g/mol. The highest BCUT2D eigenvalue weighted by atomic mass is 17.1. The molecule has 0 unspecified atom stereocenters. The van der Waals surface area contributed by atoms with Crippen molar-refractivity contribution in [3.8, 4) is 0 Å². The lowest BCUT2D eigenvalue weighted by Gasteiger charge is -2.71. The fourth-order valence-corrected chi connectivity index (χ4v) is 16.0. The maximum absolute atomic E-state index is 12.8. The van der Waals surface area contributed by atoms with Crippen LogP contribution in [0.2, 0.25) is 0 Å². The molecule has 4 saturated carbocycles. The first-order chi connectivity index (χ1) is 36.0. The molecule has 29 atom stereocenters. The summed E-state index contributed by atoms with van der Waals surface area (Å²) in [5.74, 6) is -0.727. The van der Waals surface area contributed by atoms with E-state index < -0.39 is 177 Å². The van der Waals surface area contributed by atoms with Crippen LogP contribution in [0, 0.1) is 45.3 Å². The van der Waals surface area contributed by atoms with Crippen molar-refractivity contribution in [1.82, 2.24) is 0 Å². The third-order valence-electron chi connectivity index (χ3n) is 20.6. The molecule has 24 heteroatoms. The van der Waals surface area contributed by atoms with Crippen molar-refractivity contribution in [2.24, 2.45) is 45.3 Å². The average Bonchev–Trinajstić information content (AvgIpc) is 4.10. The lowest BCUT2D eigenvalue weighted by atomic mass is 9.35. The Morgan fingerprint density at radius 1 is 0.545 bits per heavy atom. The summed E-state index contributed by atoms with van der Waals surface area (Å²) in [4.78, 5) is 4.70. The summed E-state index contributed by atoms with van der Waals surface area (Å²) in [6, 6.07) is 0. The van der Waals surface area contributed by atoms with Crippen LogP contribution in [0.15, 0.2) is 12.2 Å². The van der Waals surface area contributed by atoms with E-state index in [1.165, 1.54) is 0 Å². The van der Waals surface area contributed by atoms with Crippen LogP contribution in [-0.4, -0.2) is 243 Å². The van der Waals surface area contributed by atoms with E-state index in [4.69, 9.17) is 42.8 Å². The zero-order valence-electron chi connectivity index (χ0n) is 45.5. The van der Waals surface area contributed by atoms with Crippen LogP contribution >= 0.6 is 0 Å². The molecule has 4 aliphatic carbocycles. The van der Waals surface area contributed by atoms with Crippen LogP contribution in [0.3, 0.4) is 0 Å². The van der Waals surface area contributed by atoms with Crippen LogP contribution in [0.1, 0.15) is 107 Å². The molecule has 0 aromatic carbocycles. The molecular formula is C53H90O24. The first kappa shape index (κ1) is 61.8. The van der Waals surface area contributed by atoms with Gasteiger partial charge in [0.05, 0.1) is 44.2 Å². The minimum atomic E-state index is -1.83. The Balaban J connectivity index is 1.03. The van der Waals surface area contributed by atoms with Crippen LogP contribution in [0.5, 0.6) is 0 Å². The number of rotatable bonds is 17. The summed E-state index contributed by atoms with van der Waals surface area (Å²) in [7, 11) is 0. The molecule has 446 valence electrons. The van der Waals surface area contributed by atoms with E-state index in [1.54, 1.807) is 26.0 Å². The van der Waals surface area contributed by atoms with E-state index in [9.17, 15) is 76.7 Å². The van der Waals surface area contributed by atoms with Crippen molar-refractivity contribution in [1.29, 1.82) is 0 Å². The SMILES string of the molecule is CC(C)(/C=C/C[C@](C)(O[C@@H]1O[C@H](CO[C@@H]2O[C@@H](CO)[C@H](O)[C@H]2O)[C@@H](O)[C@H](O)[C@H]1O)[C@@H]1CC[C@]2(C)[C@@H]1[C@H](O)C[C@@H]1[C@@]3(C)CC[C@H](O[C@@H]4O[C@H](CO)[C@@H](O)[C@H](O)[C@H]4O[C@@H]4O[C@H](CO)[C@@H](O)[C@H](O)[C@H]4O)C(C)(C)[C@@H]3CC[C@]12C)OO. The van der Waals surface area contributed by atoms with E-state index in [0.717, 1.165) is 12.8 Å². The molecule has 4 heterocycles. The van der Waals surface area contributed by atoms with Gasteiger partial charge in [-0.25, -0.2) is 4.89 Å². The van der Waals surface area contributed by atoms with Gasteiger partial charge >= 0.3 is 0 Å². The summed E-state index contributed by atoms with van der Waals surface area (Å²) >= 11 is 0. The highest BCUT2D eigenvalue weighted by Gasteiger charge is 2.72. The quantitative estimate of drug-likeness (QED) is 0.0321. The molecule has 0 amide bonds. The Labute approximate surface area is 449 Å². The molecule has 0 aromatic heterocycles. The van der Waals surface area contributed by atoms with Crippen molar-refractivity contribution in [2.75, 3.05) is 26.4 Å². The van der Waals surface area contributed by atoms with Crippen molar-refractivity contribution >= 4 is 0 Å². The second-order valence-corrected chi connectivity index (χ2v) is 25.7. The van der Waals surface area contributed by atoms with Gasteiger partial charge in [0.15, 0.2) is 25.2 Å². The molecule has 15 N–H and O–H groups in total. The van der Waals surface area contributed by atoms with Gasteiger partial charge in [-0.3, -0.25) is 5.26 Å². The lowest BCUT2D eigenvalue weighted by molar-refractivity contribution is -0.378. The molecule has 4 aliphatic heterocycles. The molecular weight excluding hydrogens is 1020 g/mol. The van der Waals surface area contributed by atoms with Gasteiger partial charge in [-0.2, -0.15) is 0 Å². The fourth-order valence-electron chi connectivity index (χ4n) is 16.0. The summed E-state index contributed by atoms with van der Waals surface area (Å²) < 4.78 is 48.7. The summed E-state index contributed by atoms with van der Waals surface area (Å²) in [5.41, 5.74) is -4.10. The van der Waals surface area contributed by atoms with Gasteiger partial charge in [-0.05, 0) is 117 Å². The molecule has 8 rings (SSSR count). The molecule has 0 spiro atoms. The molecule has 0 aromatic rings. The van der Waals surface area contributed by atoms with Gasteiger partial charge in [0.1, 0.15) is 97.2 Å². The number of ether oxygens (including phenoxy) is 8. The number of hydrogen-bond donors (Lipinski definition) is 15. The van der Waals surface area contributed by atoms with Crippen molar-refractivity contribution in [3.05, 3.63) is 12.2 Å².